The van der Waals surface area contributed by atoms with Crippen molar-refractivity contribution in [1.29, 1.82) is 0 Å². The molecule has 3 aromatic rings. The number of nitrogens with one attached hydrogen (secondary N) is 1. The van der Waals surface area contributed by atoms with Gasteiger partial charge in [-0.1, -0.05) is 18.2 Å². The summed E-state index contributed by atoms with van der Waals surface area (Å²) in [6.07, 6.45) is 4.29. The second-order valence-corrected chi connectivity index (χ2v) is 9.03. The van der Waals surface area contributed by atoms with Crippen LogP contribution in [0.25, 0.3) is 0 Å². The molecule has 0 aliphatic carbocycles. The van der Waals surface area contributed by atoms with Crippen molar-refractivity contribution >= 4 is 17.5 Å². The number of pyridine rings is 1. The van der Waals surface area contributed by atoms with Crippen molar-refractivity contribution in [2.45, 2.75) is 37.4 Å². The number of carbonyl (C=O) groups excluding carboxylic acids is 2. The third kappa shape index (κ3) is 5.14. The molecule has 2 aliphatic rings. The van der Waals surface area contributed by atoms with Gasteiger partial charge in [0, 0.05) is 50.4 Å². The molecule has 4 heterocycles. The largest absolute Gasteiger partial charge is 0.486 e. The molecule has 0 bridgehead atoms. The summed E-state index contributed by atoms with van der Waals surface area (Å²) in [5.74, 6) is 1.30. The molecule has 9 nitrogen and oxygen atoms in total. The van der Waals surface area contributed by atoms with Gasteiger partial charge < -0.3 is 20.1 Å². The first-order valence-electron chi connectivity index (χ1n) is 11.7. The molecule has 2 aromatic heterocycles. The Morgan fingerprint density at radius 1 is 1.11 bits per heavy atom. The summed E-state index contributed by atoms with van der Waals surface area (Å²) in [6.45, 7) is 1.51. The highest BCUT2D eigenvalue weighted by Crippen LogP contribution is 2.39. The monoisotopic (exact) mass is 473 g/mol. The first kappa shape index (κ1) is 22.9. The molecule has 35 heavy (non-hydrogen) atoms. The minimum absolute atomic E-state index is 0.0749. The molecule has 1 atom stereocenters. The average Bonchev–Trinajstić information content (AvgIpc) is 2.89. The van der Waals surface area contributed by atoms with Gasteiger partial charge in [-0.2, -0.15) is 5.10 Å². The summed E-state index contributed by atoms with van der Waals surface area (Å²) in [4.78, 5) is 31.0. The standard InChI is InChI=1S/C26H27N5O4/c32-21-15-26(35-23-6-2-1-5-20(21)23)9-12-31(13-10-26)24-8-7-19(29-30-24)14-25(34)28-17-22(33)18-4-3-11-27-16-18/h1-8,11,16,22,33H,9-10,12-15,17H2,(H,28,34). The Hall–Kier alpha value is -3.85. The van der Waals surface area contributed by atoms with Crippen molar-refractivity contribution in [3.63, 3.8) is 0 Å². The van der Waals surface area contributed by atoms with Crippen LogP contribution in [0.2, 0.25) is 0 Å². The van der Waals surface area contributed by atoms with Crippen LogP contribution in [0.1, 0.15) is 47.0 Å². The number of para-hydroxylation sites is 1. The van der Waals surface area contributed by atoms with E-state index in [4.69, 9.17) is 4.74 Å². The van der Waals surface area contributed by atoms with Crippen LogP contribution in [-0.2, 0) is 11.2 Å². The number of hydrogen-bond acceptors (Lipinski definition) is 8. The molecule has 9 heteroatoms. The fourth-order valence-electron chi connectivity index (χ4n) is 4.61. The molecule has 1 saturated heterocycles. The Labute approximate surface area is 203 Å². The second-order valence-electron chi connectivity index (χ2n) is 9.03. The molecule has 180 valence electrons. The summed E-state index contributed by atoms with van der Waals surface area (Å²) < 4.78 is 6.30. The predicted octanol–water partition coefficient (Wildman–Crippen LogP) is 2.27. The van der Waals surface area contributed by atoms with E-state index < -0.39 is 11.7 Å². The van der Waals surface area contributed by atoms with Crippen LogP contribution in [0.4, 0.5) is 5.82 Å². The van der Waals surface area contributed by atoms with E-state index in [1.807, 2.05) is 30.3 Å². The topological polar surface area (TPSA) is 118 Å². The summed E-state index contributed by atoms with van der Waals surface area (Å²) >= 11 is 0. The molecule has 2 N–H and O–H groups in total. The van der Waals surface area contributed by atoms with Crippen LogP contribution >= 0.6 is 0 Å². The number of aliphatic hydroxyl groups excluding tert-OH is 1. The van der Waals surface area contributed by atoms with Crippen molar-refractivity contribution in [1.82, 2.24) is 20.5 Å². The number of nitrogens with zero attached hydrogens (tertiary/aromatic N) is 4. The highest BCUT2D eigenvalue weighted by atomic mass is 16.5. The van der Waals surface area contributed by atoms with Gasteiger partial charge in [-0.05, 0) is 30.3 Å². The quantitative estimate of drug-likeness (QED) is 0.560. The summed E-state index contributed by atoms with van der Waals surface area (Å²) in [5.41, 5.74) is 1.40. The third-order valence-electron chi connectivity index (χ3n) is 6.60. The number of aromatic nitrogens is 3. The number of anilines is 1. The Kier molecular flexibility index (Phi) is 6.41. The number of hydrogen-bond donors (Lipinski definition) is 2. The maximum Gasteiger partial charge on any atom is 0.226 e. The van der Waals surface area contributed by atoms with E-state index >= 15 is 0 Å². The maximum atomic E-state index is 12.6. The van der Waals surface area contributed by atoms with Gasteiger partial charge in [0.2, 0.25) is 5.91 Å². The van der Waals surface area contributed by atoms with Gasteiger partial charge in [-0.15, -0.1) is 5.10 Å². The first-order chi connectivity index (χ1) is 17.0. The van der Waals surface area contributed by atoms with E-state index in [0.29, 0.717) is 42.1 Å². The maximum absolute atomic E-state index is 12.6. The summed E-state index contributed by atoms with van der Waals surface area (Å²) in [7, 11) is 0. The first-order valence-corrected chi connectivity index (χ1v) is 11.7. The van der Waals surface area contributed by atoms with Crippen LogP contribution in [0.15, 0.2) is 60.9 Å². The molecular formula is C26H27N5O4. The Bertz CT molecular complexity index is 1190. The molecule has 1 aromatic carbocycles. The number of rotatable bonds is 6. The van der Waals surface area contributed by atoms with E-state index in [0.717, 1.165) is 18.7 Å². The zero-order chi connectivity index (χ0) is 24.3. The molecule has 5 rings (SSSR count). The van der Waals surface area contributed by atoms with E-state index in [1.54, 1.807) is 30.6 Å². The lowest BCUT2D eigenvalue weighted by molar-refractivity contribution is -0.121. The van der Waals surface area contributed by atoms with Crippen molar-refractivity contribution in [2.75, 3.05) is 24.5 Å². The summed E-state index contributed by atoms with van der Waals surface area (Å²) in [6, 6.07) is 14.6. The SMILES string of the molecule is O=C(Cc1ccc(N2CCC3(CC2)CC(=O)c2ccccc2O3)nn1)NCC(O)c1cccnc1. The van der Waals surface area contributed by atoms with E-state index in [1.165, 1.54) is 0 Å². The normalized spacial score (nSPS) is 17.4. The number of benzene rings is 1. The highest BCUT2D eigenvalue weighted by Gasteiger charge is 2.43. The lowest BCUT2D eigenvalue weighted by atomic mass is 9.82. The zero-order valence-electron chi connectivity index (χ0n) is 19.3. The number of amides is 1. The van der Waals surface area contributed by atoms with Crippen molar-refractivity contribution in [3.8, 4) is 5.75 Å². The Morgan fingerprint density at radius 2 is 1.94 bits per heavy atom. The number of ether oxygens (including phenoxy) is 1. The smallest absolute Gasteiger partial charge is 0.226 e. The lowest BCUT2D eigenvalue weighted by Gasteiger charge is -2.44. The molecule has 1 fully saturated rings. The number of fused-ring (bicyclic) bond motifs is 1. The third-order valence-corrected chi connectivity index (χ3v) is 6.60. The predicted molar refractivity (Wildman–Crippen MR) is 128 cm³/mol. The van der Waals surface area contributed by atoms with Gasteiger partial charge in [0.05, 0.1) is 30.2 Å². The molecule has 2 aliphatic heterocycles. The number of carbonyl (C=O) groups is 2. The molecular weight excluding hydrogens is 446 g/mol. The molecule has 1 amide bonds. The minimum Gasteiger partial charge on any atom is -0.486 e. The zero-order valence-corrected chi connectivity index (χ0v) is 19.3. The molecule has 1 spiro atoms. The Balaban J connectivity index is 1.12. The van der Waals surface area contributed by atoms with Gasteiger partial charge in [0.15, 0.2) is 11.6 Å². The second kappa shape index (κ2) is 9.79. The van der Waals surface area contributed by atoms with E-state index in [2.05, 4.69) is 25.4 Å². The van der Waals surface area contributed by atoms with Gasteiger partial charge >= 0.3 is 0 Å². The van der Waals surface area contributed by atoms with Gasteiger partial charge in [0.25, 0.3) is 0 Å². The minimum atomic E-state index is -0.819. The fourth-order valence-corrected chi connectivity index (χ4v) is 4.61. The molecule has 0 radical (unpaired) electrons. The van der Waals surface area contributed by atoms with E-state index in [9.17, 15) is 14.7 Å². The van der Waals surface area contributed by atoms with Crippen LogP contribution in [-0.4, -0.2) is 57.2 Å². The van der Waals surface area contributed by atoms with Crippen molar-refractivity contribution in [3.05, 3.63) is 77.7 Å². The molecule has 1 unspecified atom stereocenters. The number of piperidine rings is 1. The Morgan fingerprint density at radius 3 is 2.69 bits per heavy atom. The van der Waals surface area contributed by atoms with Crippen LogP contribution < -0.4 is 15.0 Å². The van der Waals surface area contributed by atoms with Gasteiger partial charge in [-0.3, -0.25) is 14.6 Å². The van der Waals surface area contributed by atoms with Crippen LogP contribution in [0, 0.1) is 0 Å². The van der Waals surface area contributed by atoms with Crippen LogP contribution in [0.5, 0.6) is 5.75 Å². The van der Waals surface area contributed by atoms with Crippen molar-refractivity contribution in [2.24, 2.45) is 0 Å². The van der Waals surface area contributed by atoms with Crippen LogP contribution in [0.3, 0.4) is 0 Å². The highest BCUT2D eigenvalue weighted by molar-refractivity contribution is 6.00. The number of Topliss-reactive ketones (excluding diaryl/α,β-unsaturated/α-hetero) is 1. The van der Waals surface area contributed by atoms with E-state index in [-0.39, 0.29) is 24.7 Å². The van der Waals surface area contributed by atoms with Gasteiger partial charge in [0.1, 0.15) is 11.4 Å². The number of ketones is 1. The lowest BCUT2D eigenvalue weighted by Crippen LogP contribution is -2.51. The van der Waals surface area contributed by atoms with Crippen molar-refractivity contribution < 1.29 is 19.4 Å². The average molecular weight is 474 g/mol. The fraction of sp³-hybridized carbons (Fsp3) is 0.346. The molecule has 0 saturated carbocycles. The summed E-state index contributed by atoms with van der Waals surface area (Å²) in [5, 5.41) is 21.4. The van der Waals surface area contributed by atoms with Gasteiger partial charge in [-0.25, -0.2) is 0 Å². The number of aliphatic hydroxyl groups is 1.